The van der Waals surface area contributed by atoms with E-state index in [-0.39, 0.29) is 5.48 Å². The molecule has 3 aromatic heterocycles. The molecule has 0 unspecified atom stereocenters. The highest BCUT2D eigenvalue weighted by Gasteiger charge is 2.16. The molecule has 4 rings (SSSR count). The van der Waals surface area contributed by atoms with Crippen molar-refractivity contribution in [3.05, 3.63) is 54.1 Å². The highest BCUT2D eigenvalue weighted by atomic mass is 16.0. The van der Waals surface area contributed by atoms with Gasteiger partial charge in [-0.15, -0.1) is 0 Å². The van der Waals surface area contributed by atoms with E-state index in [0.717, 1.165) is 40.8 Å². The lowest BCUT2D eigenvalue weighted by Gasteiger charge is -2.20. The lowest BCUT2D eigenvalue weighted by atomic mass is 10.1. The van der Waals surface area contributed by atoms with Gasteiger partial charge in [-0.3, -0.25) is 9.97 Å². The number of nitrogens with one attached hydrogen (secondary N) is 2. The monoisotopic (exact) mass is 390 g/mol. The number of fused-ring (bicyclic) bond motifs is 1. The molecule has 1 saturated carbocycles. The fraction of sp³-hybridized carbons (Fsp3) is 0.364. The van der Waals surface area contributed by atoms with Crippen LogP contribution in [0.25, 0.3) is 10.9 Å². The molecule has 0 radical (unpaired) electrons. The predicted molar refractivity (Wildman–Crippen MR) is 115 cm³/mol. The second-order valence-electron chi connectivity index (χ2n) is 7.29. The first kappa shape index (κ1) is 20.5. The van der Waals surface area contributed by atoms with Gasteiger partial charge in [0.1, 0.15) is 11.9 Å². The van der Waals surface area contributed by atoms with Crippen LogP contribution in [0.1, 0.15) is 49.7 Å². The molecule has 150 valence electrons. The molecule has 0 spiro atoms. The Bertz CT molecular complexity index is 978. The fourth-order valence-corrected chi connectivity index (χ4v) is 3.76. The van der Waals surface area contributed by atoms with Gasteiger partial charge in [0.05, 0.1) is 23.0 Å². The molecule has 0 bridgehead atoms. The summed E-state index contributed by atoms with van der Waals surface area (Å²) in [5, 5.41) is 17.6. The van der Waals surface area contributed by atoms with Crippen LogP contribution in [0.15, 0.2) is 43.0 Å². The van der Waals surface area contributed by atoms with Gasteiger partial charge in [-0.05, 0) is 30.5 Å². The van der Waals surface area contributed by atoms with Crippen molar-refractivity contribution in [2.45, 2.75) is 51.1 Å². The van der Waals surface area contributed by atoms with Crippen molar-refractivity contribution >= 4 is 22.4 Å². The van der Waals surface area contributed by atoms with Crippen molar-refractivity contribution in [2.75, 3.05) is 10.6 Å². The molecule has 3 aromatic rings. The van der Waals surface area contributed by atoms with Gasteiger partial charge in [0, 0.05) is 36.6 Å². The van der Waals surface area contributed by atoms with Gasteiger partial charge in [0.2, 0.25) is 0 Å². The van der Waals surface area contributed by atoms with E-state index in [2.05, 4.69) is 31.7 Å². The average Bonchev–Trinajstić information content (AvgIpc) is 3.02. The molecule has 4 N–H and O–H groups in total. The van der Waals surface area contributed by atoms with Crippen LogP contribution >= 0.6 is 0 Å². The van der Waals surface area contributed by atoms with Gasteiger partial charge in [-0.25, -0.2) is 4.98 Å². The third-order valence-electron chi connectivity index (χ3n) is 5.27. The van der Waals surface area contributed by atoms with Gasteiger partial charge >= 0.3 is 0 Å². The minimum atomic E-state index is 0. The molecule has 0 amide bonds. The van der Waals surface area contributed by atoms with E-state index in [1.165, 1.54) is 25.7 Å². The second-order valence-corrected chi connectivity index (χ2v) is 7.29. The minimum absolute atomic E-state index is 0. The number of anilines is 2. The molecular weight excluding hydrogens is 364 g/mol. The van der Waals surface area contributed by atoms with E-state index in [4.69, 9.17) is 0 Å². The molecule has 7 nitrogen and oxygen atoms in total. The van der Waals surface area contributed by atoms with E-state index < -0.39 is 0 Å². The van der Waals surface area contributed by atoms with Gasteiger partial charge in [-0.1, -0.05) is 31.7 Å². The Balaban J connectivity index is 0.00000240. The standard InChI is InChI=1S/C22H24N6.H2O/c23-11-17-14-25-20-15-27-21(26-13-16-6-5-9-24-12-16)10-19(20)22(17)28-18-7-3-1-2-4-8-18;/h5-6,9-10,12,14-15,18H,1-4,7-8,13H2,(H,25,28)(H,26,27);1H2. The summed E-state index contributed by atoms with van der Waals surface area (Å²) >= 11 is 0. The third-order valence-corrected chi connectivity index (χ3v) is 5.27. The maximum atomic E-state index is 9.62. The fourth-order valence-electron chi connectivity index (χ4n) is 3.76. The summed E-state index contributed by atoms with van der Waals surface area (Å²) in [6, 6.07) is 8.63. The average molecular weight is 390 g/mol. The predicted octanol–water partition coefficient (Wildman–Crippen LogP) is 3.82. The zero-order chi connectivity index (χ0) is 19.2. The van der Waals surface area contributed by atoms with Crippen LogP contribution in [-0.4, -0.2) is 26.5 Å². The lowest BCUT2D eigenvalue weighted by Crippen LogP contribution is -2.19. The summed E-state index contributed by atoms with van der Waals surface area (Å²) in [6.07, 6.45) is 14.4. The van der Waals surface area contributed by atoms with Crippen LogP contribution in [0.5, 0.6) is 0 Å². The molecule has 1 aliphatic rings. The van der Waals surface area contributed by atoms with Crippen LogP contribution in [0, 0.1) is 11.3 Å². The quantitative estimate of drug-likeness (QED) is 0.639. The van der Waals surface area contributed by atoms with Gasteiger partial charge in [-0.2, -0.15) is 5.26 Å². The molecule has 0 aliphatic heterocycles. The number of nitrogens with zero attached hydrogens (tertiary/aromatic N) is 4. The Morgan fingerprint density at radius 2 is 1.90 bits per heavy atom. The van der Waals surface area contributed by atoms with E-state index >= 15 is 0 Å². The van der Waals surface area contributed by atoms with Crippen LogP contribution in [-0.2, 0) is 6.54 Å². The SMILES string of the molecule is N#Cc1cnc2cnc(NCc3cccnc3)cc2c1NC1CCCCCC1.O. The van der Waals surface area contributed by atoms with Crippen LogP contribution in [0.4, 0.5) is 11.5 Å². The molecule has 3 heterocycles. The van der Waals surface area contributed by atoms with Crippen LogP contribution < -0.4 is 10.6 Å². The molecule has 0 aromatic carbocycles. The normalized spacial score (nSPS) is 14.4. The highest BCUT2D eigenvalue weighted by Crippen LogP contribution is 2.30. The third kappa shape index (κ3) is 4.98. The molecule has 0 atom stereocenters. The van der Waals surface area contributed by atoms with Crippen molar-refractivity contribution in [3.8, 4) is 6.07 Å². The number of hydrogen-bond donors (Lipinski definition) is 2. The van der Waals surface area contributed by atoms with Crippen molar-refractivity contribution < 1.29 is 5.48 Å². The second kappa shape index (κ2) is 9.80. The lowest BCUT2D eigenvalue weighted by molar-refractivity contribution is 0.620. The van der Waals surface area contributed by atoms with E-state index in [9.17, 15) is 5.26 Å². The van der Waals surface area contributed by atoms with Crippen molar-refractivity contribution in [1.82, 2.24) is 15.0 Å². The Morgan fingerprint density at radius 3 is 2.62 bits per heavy atom. The van der Waals surface area contributed by atoms with Crippen molar-refractivity contribution in [2.24, 2.45) is 0 Å². The maximum Gasteiger partial charge on any atom is 0.126 e. The molecule has 29 heavy (non-hydrogen) atoms. The number of aromatic nitrogens is 3. The molecule has 1 aliphatic carbocycles. The Labute approximate surface area is 170 Å². The van der Waals surface area contributed by atoms with Crippen molar-refractivity contribution in [1.29, 1.82) is 5.26 Å². The van der Waals surface area contributed by atoms with Gasteiger partial charge in [0.15, 0.2) is 0 Å². The smallest absolute Gasteiger partial charge is 0.126 e. The van der Waals surface area contributed by atoms with Crippen LogP contribution in [0.3, 0.4) is 0 Å². The van der Waals surface area contributed by atoms with E-state index in [0.29, 0.717) is 18.2 Å². The summed E-state index contributed by atoms with van der Waals surface area (Å²) < 4.78 is 0. The molecule has 0 saturated heterocycles. The zero-order valence-corrected chi connectivity index (χ0v) is 16.4. The highest BCUT2D eigenvalue weighted by molar-refractivity contribution is 5.95. The summed E-state index contributed by atoms with van der Waals surface area (Å²) in [5.74, 6) is 0.761. The number of rotatable bonds is 5. The van der Waals surface area contributed by atoms with Crippen molar-refractivity contribution in [3.63, 3.8) is 0 Å². The number of pyridine rings is 3. The largest absolute Gasteiger partial charge is 0.412 e. The Kier molecular flexibility index (Phi) is 6.93. The number of nitriles is 1. The van der Waals surface area contributed by atoms with E-state index in [1.54, 1.807) is 18.6 Å². The summed E-state index contributed by atoms with van der Waals surface area (Å²) in [6.45, 7) is 0.642. The maximum absolute atomic E-state index is 9.62. The first-order chi connectivity index (χ1) is 13.8. The van der Waals surface area contributed by atoms with Gasteiger partial charge < -0.3 is 16.1 Å². The Morgan fingerprint density at radius 1 is 1.07 bits per heavy atom. The molecule has 7 heteroatoms. The van der Waals surface area contributed by atoms with Crippen LogP contribution in [0.2, 0.25) is 0 Å². The first-order valence-electron chi connectivity index (χ1n) is 9.91. The molecule has 1 fully saturated rings. The zero-order valence-electron chi connectivity index (χ0n) is 16.4. The summed E-state index contributed by atoms with van der Waals surface area (Å²) in [7, 11) is 0. The topological polar surface area (TPSA) is 118 Å². The number of hydrogen-bond acceptors (Lipinski definition) is 6. The first-order valence-corrected chi connectivity index (χ1v) is 9.91. The minimum Gasteiger partial charge on any atom is -0.412 e. The summed E-state index contributed by atoms with van der Waals surface area (Å²) in [4.78, 5) is 13.0. The Hall–Kier alpha value is -3.24. The summed E-state index contributed by atoms with van der Waals surface area (Å²) in [5.41, 5.74) is 3.35. The molecular formula is C22H26N6O. The van der Waals surface area contributed by atoms with E-state index in [1.807, 2.05) is 24.4 Å². The van der Waals surface area contributed by atoms with Gasteiger partial charge in [0.25, 0.3) is 0 Å².